The lowest BCUT2D eigenvalue weighted by molar-refractivity contribution is -0.162. The average Bonchev–Trinajstić information content (AvgIpc) is 2.19. The molecule has 1 amide bonds. The molecule has 17 heavy (non-hydrogen) atoms. The quantitative estimate of drug-likeness (QED) is 0.728. The Morgan fingerprint density at radius 3 is 2.24 bits per heavy atom. The summed E-state index contributed by atoms with van der Waals surface area (Å²) in [7, 11) is 3.77. The van der Waals surface area contributed by atoms with Crippen molar-refractivity contribution in [2.45, 2.75) is 19.5 Å². The molecule has 0 unspecified atom stereocenters. The second-order valence-corrected chi connectivity index (χ2v) is 3.91. The molecule has 0 saturated heterocycles. The van der Waals surface area contributed by atoms with E-state index in [1.807, 2.05) is 19.0 Å². The van der Waals surface area contributed by atoms with Crippen molar-refractivity contribution >= 4 is 6.09 Å². The SMILES string of the molecule is CCN(CCCN(C)C)C(=O)OCC(F)(F)F. The first-order valence-corrected chi connectivity index (χ1v) is 5.39. The Kier molecular flexibility index (Phi) is 6.94. The summed E-state index contributed by atoms with van der Waals surface area (Å²) < 4.78 is 39.7. The normalized spacial score (nSPS) is 11.7. The van der Waals surface area contributed by atoms with Gasteiger partial charge >= 0.3 is 12.3 Å². The van der Waals surface area contributed by atoms with Crippen molar-refractivity contribution in [3.63, 3.8) is 0 Å². The van der Waals surface area contributed by atoms with Crippen LogP contribution in [0.5, 0.6) is 0 Å². The van der Waals surface area contributed by atoms with E-state index in [2.05, 4.69) is 4.74 Å². The first kappa shape index (κ1) is 16.0. The van der Waals surface area contributed by atoms with Crippen LogP contribution in [0.4, 0.5) is 18.0 Å². The van der Waals surface area contributed by atoms with Gasteiger partial charge in [0.15, 0.2) is 6.61 Å². The monoisotopic (exact) mass is 256 g/mol. The molecule has 0 saturated carbocycles. The Morgan fingerprint density at radius 1 is 1.24 bits per heavy atom. The number of carbonyl (C=O) groups is 1. The Labute approximate surface area is 99.3 Å². The van der Waals surface area contributed by atoms with Gasteiger partial charge in [-0.2, -0.15) is 13.2 Å². The second-order valence-electron chi connectivity index (χ2n) is 3.91. The number of carbonyl (C=O) groups excluding carboxylic acids is 1. The van der Waals surface area contributed by atoms with Crippen LogP contribution in [0, 0.1) is 0 Å². The predicted octanol–water partition coefficient (Wildman–Crippen LogP) is 1.96. The Morgan fingerprint density at radius 2 is 1.82 bits per heavy atom. The Hall–Kier alpha value is -0.980. The second kappa shape index (κ2) is 7.37. The highest BCUT2D eigenvalue weighted by molar-refractivity contribution is 5.67. The highest BCUT2D eigenvalue weighted by atomic mass is 19.4. The lowest BCUT2D eigenvalue weighted by Gasteiger charge is -2.21. The highest BCUT2D eigenvalue weighted by Crippen LogP contribution is 2.15. The molecule has 0 spiro atoms. The molecule has 0 bridgehead atoms. The first-order valence-electron chi connectivity index (χ1n) is 5.39. The standard InChI is InChI=1S/C10H19F3N2O2/c1-4-15(7-5-6-14(2)3)9(16)17-8-10(11,12)13/h4-8H2,1-3H3. The van der Waals surface area contributed by atoms with Gasteiger partial charge in [-0.1, -0.05) is 0 Å². The predicted molar refractivity (Wildman–Crippen MR) is 57.8 cm³/mol. The van der Waals surface area contributed by atoms with Gasteiger partial charge in [0.2, 0.25) is 0 Å². The molecule has 7 heteroatoms. The van der Waals surface area contributed by atoms with E-state index in [0.29, 0.717) is 19.5 Å². The molecule has 0 heterocycles. The zero-order chi connectivity index (χ0) is 13.5. The average molecular weight is 256 g/mol. The van der Waals surface area contributed by atoms with Gasteiger partial charge in [-0.15, -0.1) is 0 Å². The third-order valence-corrected chi connectivity index (χ3v) is 2.03. The summed E-state index contributed by atoms with van der Waals surface area (Å²) in [6, 6.07) is 0. The summed E-state index contributed by atoms with van der Waals surface area (Å²) >= 11 is 0. The maximum atomic E-state index is 11.8. The zero-order valence-electron chi connectivity index (χ0n) is 10.4. The fourth-order valence-electron chi connectivity index (χ4n) is 1.19. The van der Waals surface area contributed by atoms with E-state index < -0.39 is 18.9 Å². The zero-order valence-corrected chi connectivity index (χ0v) is 10.4. The highest BCUT2D eigenvalue weighted by Gasteiger charge is 2.30. The lowest BCUT2D eigenvalue weighted by atomic mass is 10.3. The van der Waals surface area contributed by atoms with E-state index in [1.54, 1.807) is 6.92 Å². The van der Waals surface area contributed by atoms with Gasteiger partial charge in [-0.25, -0.2) is 4.79 Å². The number of halogens is 3. The van der Waals surface area contributed by atoms with Gasteiger partial charge < -0.3 is 14.5 Å². The summed E-state index contributed by atoms with van der Waals surface area (Å²) in [5, 5.41) is 0. The molecule has 4 nitrogen and oxygen atoms in total. The smallest absolute Gasteiger partial charge is 0.422 e. The van der Waals surface area contributed by atoms with Gasteiger partial charge in [0.05, 0.1) is 0 Å². The van der Waals surface area contributed by atoms with Crippen molar-refractivity contribution in [3.05, 3.63) is 0 Å². The number of nitrogens with zero attached hydrogens (tertiary/aromatic N) is 2. The van der Waals surface area contributed by atoms with Crippen LogP contribution in [0.3, 0.4) is 0 Å². The molecule has 0 aromatic rings. The summed E-state index contributed by atoms with van der Waals surface area (Å²) in [5.41, 5.74) is 0. The van der Waals surface area contributed by atoms with E-state index in [4.69, 9.17) is 0 Å². The van der Waals surface area contributed by atoms with E-state index >= 15 is 0 Å². The molecule has 0 fully saturated rings. The van der Waals surface area contributed by atoms with Gasteiger partial charge in [0.25, 0.3) is 0 Å². The minimum atomic E-state index is -4.47. The summed E-state index contributed by atoms with van der Waals surface area (Å²) in [6.07, 6.45) is -4.69. The molecule has 0 N–H and O–H groups in total. The van der Waals surface area contributed by atoms with E-state index in [1.165, 1.54) is 4.90 Å². The van der Waals surface area contributed by atoms with E-state index in [9.17, 15) is 18.0 Å². The van der Waals surface area contributed by atoms with Crippen LogP contribution in [0.15, 0.2) is 0 Å². The Bertz CT molecular complexity index is 232. The lowest BCUT2D eigenvalue weighted by Crippen LogP contribution is -2.35. The molecule has 0 aromatic heterocycles. The summed E-state index contributed by atoms with van der Waals surface area (Å²) in [6.45, 7) is 1.67. The number of rotatable bonds is 6. The van der Waals surface area contributed by atoms with Gasteiger partial charge in [-0.05, 0) is 34.0 Å². The number of amides is 1. The Balaban J connectivity index is 3.96. The molecule has 0 aliphatic carbocycles. The van der Waals surface area contributed by atoms with E-state index in [-0.39, 0.29) is 0 Å². The molecular weight excluding hydrogens is 237 g/mol. The van der Waals surface area contributed by atoms with Crippen LogP contribution in [0.1, 0.15) is 13.3 Å². The summed E-state index contributed by atoms with van der Waals surface area (Å²) in [4.78, 5) is 14.5. The van der Waals surface area contributed by atoms with Crippen molar-refractivity contribution < 1.29 is 22.7 Å². The van der Waals surface area contributed by atoms with Crippen LogP contribution in [-0.2, 0) is 4.74 Å². The molecule has 0 aromatic carbocycles. The molecule has 0 aliphatic rings. The van der Waals surface area contributed by atoms with Crippen LogP contribution >= 0.6 is 0 Å². The maximum Gasteiger partial charge on any atom is 0.422 e. The fraction of sp³-hybridized carbons (Fsp3) is 0.900. The third kappa shape index (κ3) is 8.79. The topological polar surface area (TPSA) is 32.8 Å². The largest absolute Gasteiger partial charge is 0.440 e. The fourth-order valence-corrected chi connectivity index (χ4v) is 1.19. The van der Waals surface area contributed by atoms with Crippen molar-refractivity contribution in [2.75, 3.05) is 40.3 Å². The first-order chi connectivity index (χ1) is 7.76. The molecule has 102 valence electrons. The van der Waals surface area contributed by atoms with Crippen molar-refractivity contribution in [2.24, 2.45) is 0 Å². The van der Waals surface area contributed by atoms with Crippen molar-refractivity contribution in [1.82, 2.24) is 9.80 Å². The molecule has 0 rings (SSSR count). The van der Waals surface area contributed by atoms with Crippen LogP contribution in [0.2, 0.25) is 0 Å². The number of hydrogen-bond donors (Lipinski definition) is 0. The molecule has 0 aliphatic heterocycles. The molecular formula is C10H19F3N2O2. The van der Waals surface area contributed by atoms with Gasteiger partial charge in [-0.3, -0.25) is 0 Å². The van der Waals surface area contributed by atoms with Crippen LogP contribution in [0.25, 0.3) is 0 Å². The van der Waals surface area contributed by atoms with Crippen LogP contribution < -0.4 is 0 Å². The van der Waals surface area contributed by atoms with Gasteiger partial charge in [0.1, 0.15) is 0 Å². The third-order valence-electron chi connectivity index (χ3n) is 2.03. The minimum Gasteiger partial charge on any atom is -0.440 e. The number of hydrogen-bond acceptors (Lipinski definition) is 3. The summed E-state index contributed by atoms with van der Waals surface area (Å²) in [5.74, 6) is 0. The van der Waals surface area contributed by atoms with Crippen molar-refractivity contribution in [1.29, 1.82) is 0 Å². The molecule has 0 atom stereocenters. The number of alkyl halides is 3. The van der Waals surface area contributed by atoms with Gasteiger partial charge in [0, 0.05) is 13.1 Å². The van der Waals surface area contributed by atoms with Crippen LogP contribution in [-0.4, -0.2) is 62.4 Å². The molecule has 0 radical (unpaired) electrons. The maximum absolute atomic E-state index is 11.8. The number of ether oxygens (including phenoxy) is 1. The minimum absolute atomic E-state index is 0.337. The van der Waals surface area contributed by atoms with Crippen molar-refractivity contribution in [3.8, 4) is 0 Å². The van der Waals surface area contributed by atoms with E-state index in [0.717, 1.165) is 6.54 Å².